The van der Waals surface area contributed by atoms with E-state index < -0.39 is 0 Å². The third-order valence-electron chi connectivity index (χ3n) is 3.57. The van der Waals surface area contributed by atoms with Crippen LogP contribution in [0.4, 0.5) is 0 Å². The zero-order valence-corrected chi connectivity index (χ0v) is 7.68. The molecule has 0 amide bonds. The van der Waals surface area contributed by atoms with Crippen LogP contribution in [-0.4, -0.2) is 23.8 Å². The molecule has 1 heterocycles. The van der Waals surface area contributed by atoms with Crippen LogP contribution >= 0.6 is 0 Å². The van der Waals surface area contributed by atoms with E-state index in [4.69, 9.17) is 0 Å². The minimum atomic E-state index is -0.276. The molecule has 2 rings (SSSR count). The highest BCUT2D eigenvalue weighted by Gasteiger charge is 2.39. The van der Waals surface area contributed by atoms with Crippen LogP contribution in [0.2, 0.25) is 0 Å². The number of rotatable bonds is 1. The lowest BCUT2D eigenvalue weighted by Gasteiger charge is -2.35. The largest absolute Gasteiger partial charge is 0.390 e. The summed E-state index contributed by atoms with van der Waals surface area (Å²) in [7, 11) is 0. The molecule has 1 aliphatic heterocycles. The molecule has 0 aromatic heterocycles. The molecule has 0 aromatic carbocycles. The lowest BCUT2D eigenvalue weighted by Crippen LogP contribution is -2.41. The molecule has 0 unspecified atom stereocenters. The minimum absolute atomic E-state index is 0.276. The Kier molecular flexibility index (Phi) is 2.37. The van der Waals surface area contributed by atoms with Gasteiger partial charge in [-0.1, -0.05) is 12.8 Å². The van der Waals surface area contributed by atoms with Gasteiger partial charge in [-0.25, -0.2) is 0 Å². The van der Waals surface area contributed by atoms with E-state index in [0.29, 0.717) is 5.92 Å². The first-order valence-corrected chi connectivity index (χ1v) is 5.24. The van der Waals surface area contributed by atoms with Crippen molar-refractivity contribution in [1.29, 1.82) is 0 Å². The predicted molar refractivity (Wildman–Crippen MR) is 49.0 cm³/mol. The van der Waals surface area contributed by atoms with Crippen molar-refractivity contribution in [2.45, 2.75) is 44.1 Å². The Morgan fingerprint density at radius 1 is 1.08 bits per heavy atom. The van der Waals surface area contributed by atoms with Gasteiger partial charge >= 0.3 is 0 Å². The topological polar surface area (TPSA) is 32.3 Å². The zero-order chi connectivity index (χ0) is 8.44. The maximum Gasteiger partial charge on any atom is 0.0676 e. The van der Waals surface area contributed by atoms with Gasteiger partial charge in [-0.2, -0.15) is 0 Å². The first-order chi connectivity index (χ1) is 5.81. The average Bonchev–Trinajstić information content (AvgIpc) is 2.55. The molecule has 0 aromatic rings. The van der Waals surface area contributed by atoms with Crippen molar-refractivity contribution in [1.82, 2.24) is 5.32 Å². The highest BCUT2D eigenvalue weighted by atomic mass is 16.3. The van der Waals surface area contributed by atoms with Crippen molar-refractivity contribution in [3.63, 3.8) is 0 Å². The molecular formula is C10H19NO. The van der Waals surface area contributed by atoms with E-state index in [2.05, 4.69) is 5.32 Å². The smallest absolute Gasteiger partial charge is 0.0676 e. The summed E-state index contributed by atoms with van der Waals surface area (Å²) >= 11 is 0. The number of hydrogen-bond donors (Lipinski definition) is 2. The molecule has 2 heteroatoms. The van der Waals surface area contributed by atoms with Crippen LogP contribution in [0.25, 0.3) is 0 Å². The summed E-state index contributed by atoms with van der Waals surface area (Å²) in [6.07, 6.45) is 6.93. The van der Waals surface area contributed by atoms with E-state index in [-0.39, 0.29) is 5.60 Å². The number of aliphatic hydroxyl groups is 1. The second-order valence-electron chi connectivity index (χ2n) is 4.33. The Morgan fingerprint density at radius 2 is 1.67 bits per heavy atom. The van der Waals surface area contributed by atoms with Crippen molar-refractivity contribution in [3.8, 4) is 0 Å². The van der Waals surface area contributed by atoms with Crippen LogP contribution in [0.5, 0.6) is 0 Å². The van der Waals surface area contributed by atoms with Crippen molar-refractivity contribution >= 4 is 0 Å². The van der Waals surface area contributed by atoms with Crippen molar-refractivity contribution in [2.75, 3.05) is 13.1 Å². The molecule has 1 aliphatic carbocycles. The highest BCUT2D eigenvalue weighted by molar-refractivity contribution is 4.92. The maximum atomic E-state index is 10.3. The summed E-state index contributed by atoms with van der Waals surface area (Å²) in [4.78, 5) is 0. The molecule has 0 bridgehead atoms. The first-order valence-electron chi connectivity index (χ1n) is 5.24. The van der Waals surface area contributed by atoms with E-state index in [1.165, 1.54) is 25.7 Å². The number of hydrogen-bond acceptors (Lipinski definition) is 2. The monoisotopic (exact) mass is 169 g/mol. The van der Waals surface area contributed by atoms with E-state index in [1.807, 2.05) is 0 Å². The predicted octanol–water partition coefficient (Wildman–Crippen LogP) is 1.29. The molecule has 2 N–H and O–H groups in total. The van der Waals surface area contributed by atoms with Crippen molar-refractivity contribution < 1.29 is 5.11 Å². The van der Waals surface area contributed by atoms with E-state index in [0.717, 1.165) is 25.9 Å². The molecule has 2 aliphatic rings. The molecule has 12 heavy (non-hydrogen) atoms. The molecule has 0 atom stereocenters. The SMILES string of the molecule is OC1(C2CCNCC2)CCCC1. The molecule has 1 saturated heterocycles. The lowest BCUT2D eigenvalue weighted by molar-refractivity contribution is -0.0240. The Labute approximate surface area is 74.4 Å². The normalized spacial score (nSPS) is 30.8. The highest BCUT2D eigenvalue weighted by Crippen LogP contribution is 2.39. The van der Waals surface area contributed by atoms with Crippen LogP contribution < -0.4 is 5.32 Å². The molecule has 2 nitrogen and oxygen atoms in total. The summed E-state index contributed by atoms with van der Waals surface area (Å²) in [6.45, 7) is 2.21. The molecule has 70 valence electrons. The van der Waals surface area contributed by atoms with E-state index in [9.17, 15) is 5.11 Å². The van der Waals surface area contributed by atoms with Gasteiger partial charge in [0.15, 0.2) is 0 Å². The van der Waals surface area contributed by atoms with Gasteiger partial charge in [0.1, 0.15) is 0 Å². The summed E-state index contributed by atoms with van der Waals surface area (Å²) in [5.74, 6) is 0.584. The van der Waals surface area contributed by atoms with Crippen LogP contribution in [0, 0.1) is 5.92 Å². The number of piperidine rings is 1. The Hall–Kier alpha value is -0.0800. The van der Waals surface area contributed by atoms with Gasteiger partial charge in [0.25, 0.3) is 0 Å². The van der Waals surface area contributed by atoms with Crippen molar-refractivity contribution in [2.24, 2.45) is 5.92 Å². The summed E-state index contributed by atoms with van der Waals surface area (Å²) < 4.78 is 0. The third-order valence-corrected chi connectivity index (χ3v) is 3.57. The van der Waals surface area contributed by atoms with Gasteiger partial charge in [-0.05, 0) is 44.7 Å². The Bertz CT molecular complexity index is 146. The van der Waals surface area contributed by atoms with Gasteiger partial charge < -0.3 is 10.4 Å². The Balaban J connectivity index is 1.96. The van der Waals surface area contributed by atoms with Crippen LogP contribution in [0.15, 0.2) is 0 Å². The second kappa shape index (κ2) is 3.35. The summed E-state index contributed by atoms with van der Waals surface area (Å²) in [5.41, 5.74) is -0.276. The number of nitrogens with one attached hydrogen (secondary N) is 1. The fourth-order valence-corrected chi connectivity index (χ4v) is 2.75. The van der Waals surface area contributed by atoms with Gasteiger partial charge in [0, 0.05) is 0 Å². The molecular weight excluding hydrogens is 150 g/mol. The Morgan fingerprint density at radius 3 is 2.25 bits per heavy atom. The second-order valence-corrected chi connectivity index (χ2v) is 4.33. The van der Waals surface area contributed by atoms with E-state index >= 15 is 0 Å². The first kappa shape index (κ1) is 8.52. The van der Waals surface area contributed by atoms with Gasteiger partial charge in [0.2, 0.25) is 0 Å². The summed E-state index contributed by atoms with van der Waals surface area (Å²) in [6, 6.07) is 0. The maximum absolute atomic E-state index is 10.3. The molecule has 1 saturated carbocycles. The van der Waals surface area contributed by atoms with Crippen LogP contribution in [0.1, 0.15) is 38.5 Å². The van der Waals surface area contributed by atoms with E-state index in [1.54, 1.807) is 0 Å². The molecule has 0 radical (unpaired) electrons. The third kappa shape index (κ3) is 1.50. The quantitative estimate of drug-likeness (QED) is 0.620. The van der Waals surface area contributed by atoms with Gasteiger partial charge in [-0.3, -0.25) is 0 Å². The fraction of sp³-hybridized carbons (Fsp3) is 1.00. The molecule has 2 fully saturated rings. The molecule has 0 spiro atoms. The van der Waals surface area contributed by atoms with Crippen molar-refractivity contribution in [3.05, 3.63) is 0 Å². The van der Waals surface area contributed by atoms with Gasteiger partial charge in [-0.15, -0.1) is 0 Å². The lowest BCUT2D eigenvalue weighted by atomic mass is 9.80. The fourth-order valence-electron chi connectivity index (χ4n) is 2.75. The van der Waals surface area contributed by atoms with Crippen LogP contribution in [-0.2, 0) is 0 Å². The standard InChI is InChI=1S/C10H19NO/c12-10(5-1-2-6-10)9-3-7-11-8-4-9/h9,11-12H,1-8H2. The minimum Gasteiger partial charge on any atom is -0.390 e. The van der Waals surface area contributed by atoms with Crippen LogP contribution in [0.3, 0.4) is 0 Å². The van der Waals surface area contributed by atoms with Gasteiger partial charge in [0.05, 0.1) is 5.60 Å². The zero-order valence-electron chi connectivity index (χ0n) is 7.68. The summed E-state index contributed by atoms with van der Waals surface area (Å²) in [5, 5.41) is 13.6. The average molecular weight is 169 g/mol.